The predicted octanol–water partition coefficient (Wildman–Crippen LogP) is 3.26. The van der Waals surface area contributed by atoms with Crippen LogP contribution in [-0.2, 0) is 6.42 Å². The van der Waals surface area contributed by atoms with Crippen LogP contribution in [0.25, 0.3) is 23.0 Å². The van der Waals surface area contributed by atoms with E-state index in [2.05, 4.69) is 40.3 Å². The number of aromatic nitrogens is 4. The highest BCUT2D eigenvalue weighted by Gasteiger charge is 2.12. The van der Waals surface area contributed by atoms with Gasteiger partial charge in [-0.3, -0.25) is 0 Å². The van der Waals surface area contributed by atoms with Crippen molar-refractivity contribution in [3.8, 4) is 11.3 Å². The van der Waals surface area contributed by atoms with Gasteiger partial charge in [0.25, 0.3) is 0 Å². The standard InChI is InChI=1S/C15H15N5/c1-4-10-8-17-14-7-6-13(19-20(10)14)12-9-18-15(16-3)11(12)5-2/h5-9,18H,2-4H2,1H3. The molecule has 0 atom stereocenters. The Balaban J connectivity index is 2.21. The molecule has 0 saturated heterocycles. The molecule has 3 heterocycles. The molecular weight excluding hydrogens is 250 g/mol. The molecule has 1 N–H and O–H groups in total. The molecule has 3 aromatic rings. The maximum atomic E-state index is 4.66. The largest absolute Gasteiger partial charge is 0.345 e. The lowest BCUT2D eigenvalue weighted by atomic mass is 10.1. The van der Waals surface area contributed by atoms with E-state index in [1.54, 1.807) is 6.08 Å². The third-order valence-electron chi connectivity index (χ3n) is 3.33. The van der Waals surface area contributed by atoms with Crippen molar-refractivity contribution in [1.82, 2.24) is 19.6 Å². The van der Waals surface area contributed by atoms with Gasteiger partial charge in [-0.25, -0.2) is 14.5 Å². The maximum Gasteiger partial charge on any atom is 0.153 e. The van der Waals surface area contributed by atoms with Crippen molar-refractivity contribution in [2.75, 3.05) is 0 Å². The number of rotatable bonds is 4. The molecule has 0 radical (unpaired) electrons. The first kappa shape index (κ1) is 12.3. The van der Waals surface area contributed by atoms with Crippen LogP contribution in [-0.4, -0.2) is 26.3 Å². The van der Waals surface area contributed by atoms with Crippen molar-refractivity contribution in [2.24, 2.45) is 4.99 Å². The summed E-state index contributed by atoms with van der Waals surface area (Å²) in [6, 6.07) is 3.91. The first-order chi connectivity index (χ1) is 9.78. The molecule has 0 aromatic carbocycles. The number of hydrogen-bond acceptors (Lipinski definition) is 3. The van der Waals surface area contributed by atoms with Gasteiger partial charge >= 0.3 is 0 Å². The highest BCUT2D eigenvalue weighted by atomic mass is 15.3. The van der Waals surface area contributed by atoms with Gasteiger partial charge in [0.05, 0.1) is 17.6 Å². The van der Waals surface area contributed by atoms with Gasteiger partial charge in [-0.15, -0.1) is 0 Å². The van der Waals surface area contributed by atoms with E-state index >= 15 is 0 Å². The summed E-state index contributed by atoms with van der Waals surface area (Å²) in [5, 5.41) is 4.66. The molecule has 100 valence electrons. The minimum atomic E-state index is 0.707. The summed E-state index contributed by atoms with van der Waals surface area (Å²) in [4.78, 5) is 11.4. The Kier molecular flexibility index (Phi) is 2.95. The van der Waals surface area contributed by atoms with Crippen molar-refractivity contribution in [1.29, 1.82) is 0 Å². The van der Waals surface area contributed by atoms with E-state index in [1.165, 1.54) is 0 Å². The zero-order chi connectivity index (χ0) is 14.1. The second kappa shape index (κ2) is 4.77. The molecule has 0 bridgehead atoms. The Morgan fingerprint density at radius 1 is 1.45 bits per heavy atom. The molecule has 5 nitrogen and oxygen atoms in total. The number of aromatic amines is 1. The minimum Gasteiger partial charge on any atom is -0.345 e. The van der Waals surface area contributed by atoms with Gasteiger partial charge in [0.15, 0.2) is 5.65 Å². The lowest BCUT2D eigenvalue weighted by molar-refractivity contribution is 0.864. The number of aryl methyl sites for hydroxylation is 1. The van der Waals surface area contributed by atoms with Gasteiger partial charge in [0.1, 0.15) is 5.82 Å². The van der Waals surface area contributed by atoms with E-state index in [0.29, 0.717) is 5.82 Å². The quantitative estimate of drug-likeness (QED) is 0.736. The smallest absolute Gasteiger partial charge is 0.153 e. The summed E-state index contributed by atoms with van der Waals surface area (Å²) in [5.74, 6) is 0.707. The number of H-pyrrole nitrogens is 1. The van der Waals surface area contributed by atoms with Gasteiger partial charge in [-0.2, -0.15) is 5.10 Å². The molecule has 5 heteroatoms. The number of fused-ring (bicyclic) bond motifs is 1. The average molecular weight is 265 g/mol. The lowest BCUT2D eigenvalue weighted by Gasteiger charge is -2.03. The van der Waals surface area contributed by atoms with Crippen LogP contribution in [0, 0.1) is 0 Å². The summed E-state index contributed by atoms with van der Waals surface area (Å²) >= 11 is 0. The van der Waals surface area contributed by atoms with Crippen molar-refractivity contribution in [2.45, 2.75) is 13.3 Å². The third kappa shape index (κ3) is 1.75. The van der Waals surface area contributed by atoms with Gasteiger partial charge in [-0.1, -0.05) is 19.6 Å². The van der Waals surface area contributed by atoms with Gasteiger partial charge in [0, 0.05) is 17.3 Å². The van der Waals surface area contributed by atoms with Crippen molar-refractivity contribution < 1.29 is 0 Å². The van der Waals surface area contributed by atoms with E-state index in [-0.39, 0.29) is 0 Å². The van der Waals surface area contributed by atoms with E-state index in [1.807, 2.05) is 29.0 Å². The summed E-state index contributed by atoms with van der Waals surface area (Å²) < 4.78 is 1.87. The molecule has 0 spiro atoms. The average Bonchev–Trinajstić information content (AvgIpc) is 3.09. The highest BCUT2D eigenvalue weighted by Crippen LogP contribution is 2.30. The Labute approximate surface area is 116 Å². The van der Waals surface area contributed by atoms with Gasteiger partial charge < -0.3 is 4.98 Å². The molecule has 0 aliphatic heterocycles. The van der Waals surface area contributed by atoms with Crippen LogP contribution in [0.5, 0.6) is 0 Å². The fourth-order valence-electron chi connectivity index (χ4n) is 2.28. The molecule has 0 unspecified atom stereocenters. The summed E-state index contributed by atoms with van der Waals surface area (Å²) in [6.07, 6.45) is 6.38. The fraction of sp³-hybridized carbons (Fsp3) is 0.133. The summed E-state index contributed by atoms with van der Waals surface area (Å²) in [7, 11) is 0. The molecule has 0 amide bonds. The Bertz CT molecular complexity index is 794. The molecule has 0 aliphatic carbocycles. The highest BCUT2D eigenvalue weighted by molar-refractivity contribution is 5.79. The van der Waals surface area contributed by atoms with Crippen LogP contribution in [0.2, 0.25) is 0 Å². The predicted molar refractivity (Wildman–Crippen MR) is 81.5 cm³/mol. The van der Waals surface area contributed by atoms with E-state index < -0.39 is 0 Å². The Morgan fingerprint density at radius 2 is 2.30 bits per heavy atom. The maximum absolute atomic E-state index is 4.66. The Hall–Kier alpha value is -2.69. The normalized spacial score (nSPS) is 10.8. The fourth-order valence-corrected chi connectivity index (χ4v) is 2.28. The topological polar surface area (TPSA) is 58.3 Å². The number of imidazole rings is 1. The van der Waals surface area contributed by atoms with Crippen molar-refractivity contribution in [3.05, 3.63) is 42.4 Å². The summed E-state index contributed by atoms with van der Waals surface area (Å²) in [5.41, 5.74) is 4.65. The molecule has 20 heavy (non-hydrogen) atoms. The van der Waals surface area contributed by atoms with E-state index in [4.69, 9.17) is 0 Å². The molecule has 3 aromatic heterocycles. The molecule has 0 fully saturated rings. The minimum absolute atomic E-state index is 0.707. The lowest BCUT2D eigenvalue weighted by Crippen LogP contribution is -1.98. The first-order valence-corrected chi connectivity index (χ1v) is 6.43. The summed E-state index contributed by atoms with van der Waals surface area (Å²) in [6.45, 7) is 9.47. The Morgan fingerprint density at radius 3 is 3.00 bits per heavy atom. The zero-order valence-corrected chi connectivity index (χ0v) is 11.3. The molecular formula is C15H15N5. The SMILES string of the molecule is C=Cc1c(-c2ccc3ncc(CC)n3n2)c[nH]c1N=C. The zero-order valence-electron chi connectivity index (χ0n) is 11.3. The molecule has 0 aliphatic rings. The van der Waals surface area contributed by atoms with Crippen LogP contribution in [0.15, 0.2) is 36.1 Å². The van der Waals surface area contributed by atoms with Crippen LogP contribution in [0.4, 0.5) is 5.82 Å². The second-order valence-electron chi connectivity index (χ2n) is 4.42. The van der Waals surface area contributed by atoms with Crippen molar-refractivity contribution in [3.63, 3.8) is 0 Å². The number of hydrogen-bond donors (Lipinski definition) is 1. The van der Waals surface area contributed by atoms with Crippen LogP contribution in [0.1, 0.15) is 18.2 Å². The van der Waals surface area contributed by atoms with E-state index in [9.17, 15) is 0 Å². The molecule has 3 rings (SSSR count). The van der Waals surface area contributed by atoms with Gasteiger partial charge in [0.2, 0.25) is 0 Å². The monoisotopic (exact) mass is 265 g/mol. The van der Waals surface area contributed by atoms with Crippen LogP contribution >= 0.6 is 0 Å². The van der Waals surface area contributed by atoms with Crippen LogP contribution in [0.3, 0.4) is 0 Å². The second-order valence-corrected chi connectivity index (χ2v) is 4.42. The number of nitrogens with one attached hydrogen (secondary N) is 1. The molecule has 0 saturated carbocycles. The number of nitrogens with zero attached hydrogens (tertiary/aromatic N) is 4. The van der Waals surface area contributed by atoms with Crippen molar-refractivity contribution >= 4 is 24.3 Å². The first-order valence-electron chi connectivity index (χ1n) is 6.43. The third-order valence-corrected chi connectivity index (χ3v) is 3.33. The number of aliphatic imine (C=N–C) groups is 1. The van der Waals surface area contributed by atoms with Crippen LogP contribution < -0.4 is 0 Å². The van der Waals surface area contributed by atoms with Gasteiger partial charge in [-0.05, 0) is 25.3 Å². The van der Waals surface area contributed by atoms with E-state index in [0.717, 1.165) is 34.6 Å².